The maximum atomic E-state index is 13.3. The van der Waals surface area contributed by atoms with Gasteiger partial charge < -0.3 is 10.6 Å². The van der Waals surface area contributed by atoms with Gasteiger partial charge in [-0.3, -0.25) is 9.78 Å². The van der Waals surface area contributed by atoms with Crippen LogP contribution in [0.2, 0.25) is 0 Å². The summed E-state index contributed by atoms with van der Waals surface area (Å²) in [5.74, 6) is -1.77. The molecule has 3 rings (SSSR count). The first-order valence-electron chi connectivity index (χ1n) is 7.47. The molecule has 2 radical (unpaired) electrons. The molecule has 8 heteroatoms. The van der Waals surface area contributed by atoms with E-state index < -0.39 is 17.7 Å². The first kappa shape index (κ1) is 17.5. The van der Waals surface area contributed by atoms with Gasteiger partial charge in [0.15, 0.2) is 7.85 Å². The summed E-state index contributed by atoms with van der Waals surface area (Å²) in [6, 6.07) is 7.53. The lowest BCUT2D eigenvalue weighted by molar-refractivity contribution is -0.119. The number of likely N-dealkylation sites (N-methyl/N-ethyl adjacent to an activating group) is 1. The fraction of sp³-hybridized carbons (Fsp3) is 0.176. The number of nitrogens with zero attached hydrogens (tertiary/aromatic N) is 2. The second-order valence-electron chi connectivity index (χ2n) is 5.69. The van der Waals surface area contributed by atoms with Gasteiger partial charge in [-0.25, -0.2) is 8.78 Å². The molecule has 0 aliphatic carbocycles. The number of carbonyl (C=O) groups excluding carboxylic acids is 1. The monoisotopic (exact) mass is 357 g/mol. The van der Waals surface area contributed by atoms with Gasteiger partial charge in [-0.15, -0.1) is 11.3 Å². The summed E-state index contributed by atoms with van der Waals surface area (Å²) in [6.45, 7) is 0. The molecule has 1 atom stereocenters. The van der Waals surface area contributed by atoms with Crippen LogP contribution in [0.4, 0.5) is 14.5 Å². The van der Waals surface area contributed by atoms with Crippen LogP contribution in [0.25, 0.3) is 10.2 Å². The molecule has 0 spiro atoms. The molecule has 126 valence electrons. The largest absolute Gasteiger partial charge is 0.320 e. The summed E-state index contributed by atoms with van der Waals surface area (Å²) in [5.41, 5.74) is 7.57. The first-order chi connectivity index (χ1) is 11.8. The minimum atomic E-state index is -0.928. The van der Waals surface area contributed by atoms with Crippen LogP contribution in [0.3, 0.4) is 0 Å². The maximum absolute atomic E-state index is 13.3. The highest BCUT2D eigenvalue weighted by Gasteiger charge is 2.20. The van der Waals surface area contributed by atoms with Crippen molar-refractivity contribution >= 4 is 45.9 Å². The molecule has 3 aromatic rings. The Morgan fingerprint density at radius 3 is 2.64 bits per heavy atom. The van der Waals surface area contributed by atoms with Crippen molar-refractivity contribution < 1.29 is 13.6 Å². The molecule has 4 nitrogen and oxygen atoms in total. The number of thiazole rings is 1. The number of nitrogens with two attached hydrogens (primary N) is 1. The highest BCUT2D eigenvalue weighted by atomic mass is 32.1. The highest BCUT2D eigenvalue weighted by molar-refractivity contribution is 7.25. The number of rotatable bonds is 4. The van der Waals surface area contributed by atoms with Crippen LogP contribution in [-0.2, 0) is 11.2 Å². The summed E-state index contributed by atoms with van der Waals surface area (Å²) in [6.07, 6.45) is 0.0315. The van der Waals surface area contributed by atoms with Crippen molar-refractivity contribution in [3.05, 3.63) is 53.6 Å². The number of benzene rings is 2. The van der Waals surface area contributed by atoms with Crippen molar-refractivity contribution in [1.29, 1.82) is 0 Å². The summed E-state index contributed by atoms with van der Waals surface area (Å²) >= 11 is 1.36. The number of amides is 1. The molecule has 2 aromatic carbocycles. The van der Waals surface area contributed by atoms with Gasteiger partial charge in [-0.2, -0.15) is 0 Å². The number of hydrogen-bond acceptors (Lipinski definition) is 4. The smallest absolute Gasteiger partial charge is 0.243 e. The van der Waals surface area contributed by atoms with Gasteiger partial charge in [-0.1, -0.05) is 0 Å². The van der Waals surface area contributed by atoms with Crippen LogP contribution in [0.1, 0.15) is 5.56 Å². The lowest BCUT2D eigenvalue weighted by atomic mass is 10.0. The van der Waals surface area contributed by atoms with Crippen molar-refractivity contribution in [1.82, 2.24) is 4.98 Å². The van der Waals surface area contributed by atoms with Crippen LogP contribution in [0, 0.1) is 11.6 Å². The molecule has 1 aromatic heterocycles. The minimum Gasteiger partial charge on any atom is -0.320 e. The zero-order valence-electron chi connectivity index (χ0n) is 13.4. The Balaban J connectivity index is 1.77. The van der Waals surface area contributed by atoms with Crippen molar-refractivity contribution in [3.63, 3.8) is 0 Å². The average molecular weight is 357 g/mol. The Labute approximate surface area is 148 Å². The van der Waals surface area contributed by atoms with Gasteiger partial charge in [-0.05, 0) is 42.3 Å². The predicted molar refractivity (Wildman–Crippen MR) is 96.5 cm³/mol. The van der Waals surface area contributed by atoms with Crippen molar-refractivity contribution in [2.24, 2.45) is 5.73 Å². The normalized spacial score (nSPS) is 12.3. The van der Waals surface area contributed by atoms with Gasteiger partial charge in [0.05, 0.1) is 16.3 Å². The molecule has 0 unspecified atom stereocenters. The second-order valence-corrected chi connectivity index (χ2v) is 6.75. The molecule has 0 saturated carbocycles. The zero-order valence-corrected chi connectivity index (χ0v) is 14.2. The molecule has 0 fully saturated rings. The third-order valence-electron chi connectivity index (χ3n) is 3.80. The van der Waals surface area contributed by atoms with E-state index in [9.17, 15) is 13.6 Å². The topological polar surface area (TPSA) is 59.2 Å². The Kier molecular flexibility index (Phi) is 4.83. The minimum absolute atomic E-state index is 0.0315. The molecule has 0 bridgehead atoms. The molecule has 2 N–H and O–H groups in total. The SMILES string of the molecule is [B]c1nc2cc(N(C)C(=O)[C@@H](N)Cc3cc(F)cc(F)c3)ccc2s1. The molecular formula is C17H14BF2N3OS. The van der Waals surface area contributed by atoms with Crippen LogP contribution < -0.4 is 15.5 Å². The van der Waals surface area contributed by atoms with Crippen molar-refractivity contribution in [2.45, 2.75) is 12.5 Å². The molecule has 1 heterocycles. The quantitative estimate of drug-likeness (QED) is 0.726. The predicted octanol–water partition coefficient (Wildman–Crippen LogP) is 1.90. The standard InChI is InChI=1S/C17H14BF2N3OS/c1-23(12-2-3-15-14(8-12)22-17(18)25-15)16(24)13(21)6-9-4-10(19)7-11(20)5-9/h2-5,7-8,13H,6,21H2,1H3/t13-/m0/s1. The molecule has 25 heavy (non-hydrogen) atoms. The Morgan fingerprint density at radius 2 is 1.96 bits per heavy atom. The number of anilines is 1. The first-order valence-corrected chi connectivity index (χ1v) is 8.29. The van der Waals surface area contributed by atoms with E-state index in [0.717, 1.165) is 10.8 Å². The van der Waals surface area contributed by atoms with Crippen LogP contribution >= 0.6 is 11.3 Å². The van der Waals surface area contributed by atoms with E-state index >= 15 is 0 Å². The van der Waals surface area contributed by atoms with Crippen LogP contribution in [-0.4, -0.2) is 31.8 Å². The number of halogens is 2. The molecule has 1 amide bonds. The van der Waals surface area contributed by atoms with Gasteiger partial charge in [0.25, 0.3) is 0 Å². The van der Waals surface area contributed by atoms with E-state index in [0.29, 0.717) is 21.7 Å². The van der Waals surface area contributed by atoms with E-state index in [-0.39, 0.29) is 12.3 Å². The fourth-order valence-electron chi connectivity index (χ4n) is 2.59. The Hall–Kier alpha value is -2.32. The lowest BCUT2D eigenvalue weighted by Crippen LogP contribution is -2.43. The Bertz CT molecular complexity index is 927. The number of carbonyl (C=O) groups is 1. The van der Waals surface area contributed by atoms with Crippen LogP contribution in [0.15, 0.2) is 36.4 Å². The van der Waals surface area contributed by atoms with Gasteiger partial charge >= 0.3 is 0 Å². The summed E-state index contributed by atoms with van der Waals surface area (Å²) in [4.78, 5) is 18.6. The van der Waals surface area contributed by atoms with Crippen LogP contribution in [0.5, 0.6) is 0 Å². The Morgan fingerprint density at radius 1 is 1.28 bits per heavy atom. The number of hydrogen-bond donors (Lipinski definition) is 1. The third-order valence-corrected chi connectivity index (χ3v) is 4.67. The zero-order chi connectivity index (χ0) is 18.1. The van der Waals surface area contributed by atoms with Gasteiger partial charge in [0.2, 0.25) is 5.91 Å². The maximum Gasteiger partial charge on any atom is 0.243 e. The summed E-state index contributed by atoms with van der Waals surface area (Å²) in [7, 11) is 7.27. The third kappa shape index (κ3) is 3.86. The van der Waals surface area contributed by atoms with E-state index in [1.807, 2.05) is 6.07 Å². The van der Waals surface area contributed by atoms with Gasteiger partial charge in [0, 0.05) is 23.7 Å². The molecule has 0 aliphatic rings. The summed E-state index contributed by atoms with van der Waals surface area (Å²) < 4.78 is 27.4. The highest BCUT2D eigenvalue weighted by Crippen LogP contribution is 2.23. The second kappa shape index (κ2) is 6.89. The van der Waals surface area contributed by atoms with E-state index in [1.165, 1.54) is 28.4 Å². The average Bonchev–Trinajstić information content (AvgIpc) is 2.91. The van der Waals surface area contributed by atoms with Crippen molar-refractivity contribution in [2.75, 3.05) is 11.9 Å². The van der Waals surface area contributed by atoms with E-state index in [1.54, 1.807) is 19.2 Å². The molecule has 0 aliphatic heterocycles. The number of aromatic nitrogens is 1. The molecule has 0 saturated heterocycles. The van der Waals surface area contributed by atoms with E-state index in [4.69, 9.17) is 13.6 Å². The van der Waals surface area contributed by atoms with Crippen molar-refractivity contribution in [3.8, 4) is 0 Å². The fourth-order valence-corrected chi connectivity index (χ4v) is 3.30. The molecular weight excluding hydrogens is 343 g/mol. The van der Waals surface area contributed by atoms with E-state index in [2.05, 4.69) is 4.98 Å². The van der Waals surface area contributed by atoms with Gasteiger partial charge in [0.1, 0.15) is 11.6 Å². The lowest BCUT2D eigenvalue weighted by Gasteiger charge is -2.21. The summed E-state index contributed by atoms with van der Waals surface area (Å²) in [5, 5.41) is 0. The number of fused-ring (bicyclic) bond motifs is 1.